The Bertz CT molecular complexity index is 1380. The molecule has 170 valence electrons. The van der Waals surface area contributed by atoms with Crippen LogP contribution in [0.25, 0.3) is 22.2 Å². The summed E-state index contributed by atoms with van der Waals surface area (Å²) in [5, 5.41) is 0.698. The van der Waals surface area contributed by atoms with Gasteiger partial charge in [-0.15, -0.1) is 0 Å². The number of fused-ring (bicyclic) bond motifs is 1. The van der Waals surface area contributed by atoms with E-state index in [0.29, 0.717) is 28.4 Å². The first-order valence-corrected chi connectivity index (χ1v) is 11.9. The number of halogens is 2. The predicted octanol–water partition coefficient (Wildman–Crippen LogP) is 5.52. The van der Waals surface area contributed by atoms with Gasteiger partial charge in [0.15, 0.2) is 11.0 Å². The van der Waals surface area contributed by atoms with E-state index in [1.54, 1.807) is 13.0 Å². The fourth-order valence-corrected chi connectivity index (χ4v) is 5.54. The summed E-state index contributed by atoms with van der Waals surface area (Å²) in [5.41, 5.74) is 9.01. The van der Waals surface area contributed by atoms with Crippen molar-refractivity contribution in [2.45, 2.75) is 43.5 Å². The quantitative estimate of drug-likeness (QED) is 0.405. The van der Waals surface area contributed by atoms with Gasteiger partial charge in [0.25, 0.3) is 0 Å². The number of hydrogen-bond donors (Lipinski definition) is 2. The molecular weight excluding hydrogens is 444 g/mol. The summed E-state index contributed by atoms with van der Waals surface area (Å²) in [4.78, 5) is 8.86. The van der Waals surface area contributed by atoms with Crippen molar-refractivity contribution in [3.63, 3.8) is 0 Å². The van der Waals surface area contributed by atoms with Gasteiger partial charge in [-0.3, -0.25) is 4.72 Å². The van der Waals surface area contributed by atoms with E-state index in [9.17, 15) is 8.60 Å². The van der Waals surface area contributed by atoms with Gasteiger partial charge < -0.3 is 10.3 Å². The van der Waals surface area contributed by atoms with Gasteiger partial charge in [-0.05, 0) is 55.2 Å². The average Bonchev–Trinajstić information content (AvgIpc) is 3.45. The van der Waals surface area contributed by atoms with Crippen LogP contribution in [0, 0.1) is 18.6 Å². The van der Waals surface area contributed by atoms with Gasteiger partial charge in [0.1, 0.15) is 29.4 Å². The highest BCUT2D eigenvalue weighted by molar-refractivity contribution is 7.86. The van der Waals surface area contributed by atoms with Crippen molar-refractivity contribution < 1.29 is 13.0 Å². The standard InChI is InChI=1S/C24H23F2N5OS/c1-14-6-8-16(25)11-21(14)33(32)30-20-9-7-15(10-19(20)26)18-12-31(17-4-2-3-5-17)24-22(18)23(27)28-13-29-24/h6-13,17,30H,2-5H2,1H3,(H2,27,28,29). The van der Waals surface area contributed by atoms with Crippen molar-refractivity contribution in [3.8, 4) is 11.1 Å². The molecule has 1 unspecified atom stereocenters. The highest BCUT2D eigenvalue weighted by Crippen LogP contribution is 2.39. The zero-order valence-corrected chi connectivity index (χ0v) is 18.8. The molecule has 3 N–H and O–H groups in total. The smallest absolute Gasteiger partial charge is 0.150 e. The molecule has 9 heteroatoms. The van der Waals surface area contributed by atoms with Crippen LogP contribution in [-0.4, -0.2) is 18.7 Å². The van der Waals surface area contributed by atoms with E-state index >= 15 is 4.39 Å². The number of nitrogens with zero attached hydrogens (tertiary/aromatic N) is 3. The number of rotatable bonds is 5. The van der Waals surface area contributed by atoms with E-state index < -0.39 is 22.6 Å². The Morgan fingerprint density at radius 2 is 1.91 bits per heavy atom. The van der Waals surface area contributed by atoms with Crippen LogP contribution in [0.1, 0.15) is 37.3 Å². The van der Waals surface area contributed by atoms with Crippen molar-refractivity contribution in [1.29, 1.82) is 0 Å². The summed E-state index contributed by atoms with van der Waals surface area (Å²) in [6.45, 7) is 1.72. The molecule has 0 spiro atoms. The lowest BCUT2D eigenvalue weighted by molar-refractivity contribution is 0.532. The molecule has 1 saturated carbocycles. The Morgan fingerprint density at radius 1 is 1.12 bits per heavy atom. The molecule has 33 heavy (non-hydrogen) atoms. The third-order valence-electron chi connectivity index (χ3n) is 6.19. The average molecular weight is 468 g/mol. The van der Waals surface area contributed by atoms with Gasteiger partial charge in [0, 0.05) is 17.8 Å². The van der Waals surface area contributed by atoms with Crippen LogP contribution < -0.4 is 10.5 Å². The van der Waals surface area contributed by atoms with Crippen LogP contribution >= 0.6 is 0 Å². The van der Waals surface area contributed by atoms with Crippen LogP contribution in [0.15, 0.2) is 53.8 Å². The molecule has 5 rings (SSSR count). The number of aryl methyl sites for hydroxylation is 1. The van der Waals surface area contributed by atoms with Crippen LogP contribution in [0.3, 0.4) is 0 Å². The number of nitrogen functional groups attached to an aromatic ring is 1. The molecule has 4 aromatic rings. The third kappa shape index (κ3) is 3.97. The highest BCUT2D eigenvalue weighted by atomic mass is 32.2. The van der Waals surface area contributed by atoms with Gasteiger partial charge >= 0.3 is 0 Å². The molecule has 2 aromatic heterocycles. The number of aromatic nitrogens is 3. The zero-order valence-electron chi connectivity index (χ0n) is 18.0. The first kappa shape index (κ1) is 21.5. The third-order valence-corrected chi connectivity index (χ3v) is 7.43. The van der Waals surface area contributed by atoms with E-state index in [4.69, 9.17) is 5.73 Å². The number of nitrogens with one attached hydrogen (secondary N) is 1. The molecule has 1 aliphatic carbocycles. The maximum Gasteiger partial charge on any atom is 0.150 e. The van der Waals surface area contributed by atoms with Crippen LogP contribution in [0.5, 0.6) is 0 Å². The maximum absolute atomic E-state index is 15.1. The lowest BCUT2D eigenvalue weighted by atomic mass is 10.1. The lowest BCUT2D eigenvalue weighted by Gasteiger charge is -2.12. The lowest BCUT2D eigenvalue weighted by Crippen LogP contribution is -2.08. The summed E-state index contributed by atoms with van der Waals surface area (Å²) < 4.78 is 46.1. The number of nitrogens with two attached hydrogens (primary N) is 1. The predicted molar refractivity (Wildman–Crippen MR) is 126 cm³/mol. The van der Waals surface area contributed by atoms with Gasteiger partial charge in [0.05, 0.1) is 16.0 Å². The summed E-state index contributed by atoms with van der Waals surface area (Å²) >= 11 is 0. The largest absolute Gasteiger partial charge is 0.383 e. The van der Waals surface area contributed by atoms with Crippen molar-refractivity contribution >= 4 is 33.5 Å². The van der Waals surface area contributed by atoms with E-state index in [1.165, 1.54) is 36.7 Å². The number of anilines is 2. The Labute approximate surface area is 192 Å². The molecule has 2 aromatic carbocycles. The minimum Gasteiger partial charge on any atom is -0.383 e. The second kappa shape index (κ2) is 8.55. The van der Waals surface area contributed by atoms with Crippen molar-refractivity contribution in [2.24, 2.45) is 0 Å². The van der Waals surface area contributed by atoms with Gasteiger partial charge in [-0.1, -0.05) is 25.0 Å². The Hall–Kier alpha value is -3.33. The molecular formula is C24H23F2N5OS. The molecule has 0 amide bonds. The summed E-state index contributed by atoms with van der Waals surface area (Å²) in [5.74, 6) is -0.732. The maximum atomic E-state index is 15.1. The molecule has 1 fully saturated rings. The van der Waals surface area contributed by atoms with Gasteiger partial charge in [-0.2, -0.15) is 0 Å². The molecule has 2 heterocycles. The molecule has 0 aliphatic heterocycles. The Balaban J connectivity index is 1.51. The first-order chi connectivity index (χ1) is 15.9. The topological polar surface area (TPSA) is 85.8 Å². The molecule has 1 aliphatic rings. The number of benzene rings is 2. The minimum atomic E-state index is -1.82. The van der Waals surface area contributed by atoms with Crippen LogP contribution in [-0.2, 0) is 11.0 Å². The molecule has 0 radical (unpaired) electrons. The van der Waals surface area contributed by atoms with Crippen LogP contribution in [0.2, 0.25) is 0 Å². The molecule has 0 bridgehead atoms. The second-order valence-corrected chi connectivity index (χ2v) is 9.50. The van der Waals surface area contributed by atoms with E-state index in [1.807, 2.05) is 6.20 Å². The highest BCUT2D eigenvalue weighted by Gasteiger charge is 2.23. The Kier molecular flexibility index (Phi) is 5.57. The second-order valence-electron chi connectivity index (χ2n) is 8.32. The van der Waals surface area contributed by atoms with E-state index in [2.05, 4.69) is 19.3 Å². The monoisotopic (exact) mass is 467 g/mol. The fraction of sp³-hybridized carbons (Fsp3) is 0.250. The minimum absolute atomic E-state index is 0.0597. The molecule has 1 atom stereocenters. The van der Waals surface area contributed by atoms with Gasteiger partial charge in [-0.25, -0.2) is 23.0 Å². The molecule has 6 nitrogen and oxygen atoms in total. The summed E-state index contributed by atoms with van der Waals surface area (Å²) in [6.07, 6.45) is 7.88. The summed E-state index contributed by atoms with van der Waals surface area (Å²) in [6, 6.07) is 8.98. The van der Waals surface area contributed by atoms with Crippen molar-refractivity contribution in [1.82, 2.24) is 14.5 Å². The van der Waals surface area contributed by atoms with Crippen LogP contribution in [0.4, 0.5) is 20.3 Å². The normalized spacial score (nSPS) is 15.2. The number of hydrogen-bond acceptors (Lipinski definition) is 4. The van der Waals surface area contributed by atoms with E-state index in [-0.39, 0.29) is 10.6 Å². The first-order valence-electron chi connectivity index (χ1n) is 10.8. The van der Waals surface area contributed by atoms with Crippen molar-refractivity contribution in [2.75, 3.05) is 10.5 Å². The Morgan fingerprint density at radius 3 is 2.67 bits per heavy atom. The zero-order chi connectivity index (χ0) is 23.1. The SMILES string of the molecule is Cc1ccc(F)cc1S(=O)Nc1ccc(-c2cn(C3CCCC3)c3ncnc(N)c23)cc1F. The fourth-order valence-electron chi connectivity index (χ4n) is 4.48. The molecule has 0 saturated heterocycles. The van der Waals surface area contributed by atoms with Crippen molar-refractivity contribution in [3.05, 3.63) is 66.1 Å². The van der Waals surface area contributed by atoms with E-state index in [0.717, 1.165) is 36.9 Å². The summed E-state index contributed by atoms with van der Waals surface area (Å²) in [7, 11) is -1.82. The van der Waals surface area contributed by atoms with Gasteiger partial charge in [0.2, 0.25) is 0 Å².